The van der Waals surface area contributed by atoms with Crippen LogP contribution < -0.4 is 4.74 Å². The zero-order chi connectivity index (χ0) is 24.1. The first-order valence-electron chi connectivity index (χ1n) is 10.9. The number of allylic oxidation sites excluding steroid dienone is 1. The van der Waals surface area contributed by atoms with Gasteiger partial charge in [-0.05, 0) is 32.1 Å². The second-order valence-corrected chi connectivity index (χ2v) is 7.99. The minimum atomic E-state index is -0.0988. The van der Waals surface area contributed by atoms with Crippen molar-refractivity contribution in [2.24, 2.45) is 0 Å². The van der Waals surface area contributed by atoms with Crippen LogP contribution in [-0.2, 0) is 4.79 Å². The van der Waals surface area contributed by atoms with Crippen LogP contribution >= 0.6 is 0 Å². The smallest absolute Gasteiger partial charge is 0.167 e. The first kappa shape index (κ1) is 22.9. The van der Waals surface area contributed by atoms with E-state index in [9.17, 15) is 9.90 Å². The second kappa shape index (κ2) is 10.1. The van der Waals surface area contributed by atoms with E-state index in [0.29, 0.717) is 28.8 Å². The number of hydrogen-bond acceptors (Lipinski definition) is 6. The van der Waals surface area contributed by atoms with Gasteiger partial charge in [-0.25, -0.2) is 15.0 Å². The van der Waals surface area contributed by atoms with Gasteiger partial charge in [0.1, 0.15) is 11.5 Å². The van der Waals surface area contributed by atoms with E-state index in [1.54, 1.807) is 12.1 Å². The average Bonchev–Trinajstić information content (AvgIpc) is 2.84. The van der Waals surface area contributed by atoms with Crippen LogP contribution in [0.25, 0.3) is 34.2 Å². The van der Waals surface area contributed by atoms with Crippen LogP contribution in [0.4, 0.5) is 0 Å². The van der Waals surface area contributed by atoms with Gasteiger partial charge >= 0.3 is 0 Å². The summed E-state index contributed by atoms with van der Waals surface area (Å²) in [4.78, 5) is 25.4. The molecule has 0 amide bonds. The highest BCUT2D eigenvalue weighted by Gasteiger charge is 2.15. The number of aromatic hydroxyl groups is 1. The van der Waals surface area contributed by atoms with Crippen LogP contribution in [0.15, 0.2) is 79.4 Å². The monoisotopic (exact) mass is 451 g/mol. The largest absolute Gasteiger partial charge is 0.507 e. The van der Waals surface area contributed by atoms with Gasteiger partial charge in [0, 0.05) is 23.6 Å². The Balaban J connectivity index is 1.73. The number of phenolic OH excluding ortho intramolecular Hbond substituents is 1. The molecule has 4 rings (SSSR count). The summed E-state index contributed by atoms with van der Waals surface area (Å²) in [5, 5.41) is 10.7. The fraction of sp³-hybridized carbons (Fsp3) is 0.143. The van der Waals surface area contributed by atoms with Crippen LogP contribution in [-0.4, -0.2) is 32.4 Å². The van der Waals surface area contributed by atoms with Gasteiger partial charge in [0.05, 0.1) is 12.2 Å². The quantitative estimate of drug-likeness (QED) is 0.345. The van der Waals surface area contributed by atoms with Crippen molar-refractivity contribution in [2.45, 2.75) is 20.3 Å². The summed E-state index contributed by atoms with van der Waals surface area (Å²) in [6.07, 6.45) is 1.49. The Labute approximate surface area is 198 Å². The van der Waals surface area contributed by atoms with Crippen LogP contribution in [0.2, 0.25) is 0 Å². The third-order valence-electron chi connectivity index (χ3n) is 5.31. The molecule has 0 saturated carbocycles. The number of rotatable bonds is 8. The highest BCUT2D eigenvalue weighted by molar-refractivity contribution is 5.89. The minimum Gasteiger partial charge on any atom is -0.507 e. The van der Waals surface area contributed by atoms with E-state index in [2.05, 4.69) is 16.5 Å². The molecule has 0 spiro atoms. The van der Waals surface area contributed by atoms with Crippen molar-refractivity contribution in [3.8, 4) is 45.7 Å². The SMILES string of the molecule is C=CC(=O)CCOc1ccc(-c2nc(-c3ccc(C)cc3)nc(-c3ccc(C)cc3)n2)c(O)c1. The second-order valence-electron chi connectivity index (χ2n) is 7.99. The van der Waals surface area contributed by atoms with Gasteiger partial charge in [-0.1, -0.05) is 66.2 Å². The normalized spacial score (nSPS) is 10.6. The highest BCUT2D eigenvalue weighted by Crippen LogP contribution is 2.32. The van der Waals surface area contributed by atoms with Crippen LogP contribution in [0.3, 0.4) is 0 Å². The van der Waals surface area contributed by atoms with E-state index < -0.39 is 0 Å². The molecule has 6 heteroatoms. The maximum Gasteiger partial charge on any atom is 0.167 e. The fourth-order valence-electron chi connectivity index (χ4n) is 3.32. The van der Waals surface area contributed by atoms with E-state index in [-0.39, 0.29) is 24.6 Å². The van der Waals surface area contributed by atoms with Crippen molar-refractivity contribution >= 4 is 5.78 Å². The number of carbonyl (C=O) groups excluding carboxylic acids is 1. The van der Waals surface area contributed by atoms with Crippen molar-refractivity contribution in [1.29, 1.82) is 0 Å². The van der Waals surface area contributed by atoms with E-state index >= 15 is 0 Å². The van der Waals surface area contributed by atoms with E-state index in [1.807, 2.05) is 62.4 Å². The van der Waals surface area contributed by atoms with Crippen LogP contribution in [0.5, 0.6) is 11.5 Å². The summed E-state index contributed by atoms with van der Waals surface area (Å²) in [5.74, 6) is 1.71. The Hall–Kier alpha value is -4.32. The maximum absolute atomic E-state index is 11.4. The molecule has 4 aromatic rings. The van der Waals surface area contributed by atoms with Gasteiger partial charge in [0.2, 0.25) is 0 Å². The van der Waals surface area contributed by atoms with Crippen LogP contribution in [0.1, 0.15) is 17.5 Å². The zero-order valence-electron chi connectivity index (χ0n) is 19.2. The average molecular weight is 452 g/mol. The molecule has 34 heavy (non-hydrogen) atoms. The van der Waals surface area contributed by atoms with E-state index in [0.717, 1.165) is 22.3 Å². The Morgan fingerprint density at radius 1 is 0.853 bits per heavy atom. The first-order valence-corrected chi connectivity index (χ1v) is 10.9. The lowest BCUT2D eigenvalue weighted by Crippen LogP contribution is -2.03. The van der Waals surface area contributed by atoms with Crippen molar-refractivity contribution in [3.63, 3.8) is 0 Å². The number of aromatic nitrogens is 3. The first-order chi connectivity index (χ1) is 16.4. The molecule has 0 aliphatic heterocycles. The summed E-state index contributed by atoms with van der Waals surface area (Å²) in [6.45, 7) is 7.69. The van der Waals surface area contributed by atoms with Gasteiger partial charge in [-0.2, -0.15) is 0 Å². The van der Waals surface area contributed by atoms with E-state index in [4.69, 9.17) is 9.72 Å². The van der Waals surface area contributed by atoms with Crippen molar-refractivity contribution < 1.29 is 14.6 Å². The molecule has 6 nitrogen and oxygen atoms in total. The number of carbonyl (C=O) groups is 1. The van der Waals surface area contributed by atoms with Crippen molar-refractivity contribution in [2.75, 3.05) is 6.61 Å². The lowest BCUT2D eigenvalue weighted by molar-refractivity contribution is -0.115. The Kier molecular flexibility index (Phi) is 6.78. The Morgan fingerprint density at radius 3 is 1.88 bits per heavy atom. The molecule has 0 bridgehead atoms. The van der Waals surface area contributed by atoms with Gasteiger partial charge in [0.25, 0.3) is 0 Å². The summed E-state index contributed by atoms with van der Waals surface area (Å²) in [6, 6.07) is 20.8. The molecule has 0 unspecified atom stereocenters. The molecule has 0 atom stereocenters. The molecule has 0 saturated heterocycles. The highest BCUT2D eigenvalue weighted by atomic mass is 16.5. The number of ether oxygens (including phenoxy) is 1. The Bertz CT molecular complexity index is 1270. The third-order valence-corrected chi connectivity index (χ3v) is 5.31. The lowest BCUT2D eigenvalue weighted by Gasteiger charge is -2.11. The van der Waals surface area contributed by atoms with Gasteiger partial charge < -0.3 is 9.84 Å². The van der Waals surface area contributed by atoms with Gasteiger partial charge in [-0.3, -0.25) is 4.79 Å². The minimum absolute atomic E-state index is 0.0246. The molecule has 0 radical (unpaired) electrons. The number of benzene rings is 3. The fourth-order valence-corrected chi connectivity index (χ4v) is 3.32. The van der Waals surface area contributed by atoms with Crippen molar-refractivity contribution in [3.05, 3.63) is 90.5 Å². The number of phenols is 1. The molecular formula is C28H25N3O3. The number of hydrogen-bond donors (Lipinski definition) is 1. The standard InChI is InChI=1S/C28H25N3O3/c1-4-22(32)15-16-34-23-13-14-24(25(33)17-23)28-30-26(20-9-5-18(2)6-10-20)29-27(31-28)21-11-7-19(3)8-12-21/h4-14,17,33H,1,15-16H2,2-3H3. The topological polar surface area (TPSA) is 85.2 Å². The number of aryl methyl sites for hydroxylation is 2. The van der Waals surface area contributed by atoms with Crippen molar-refractivity contribution in [1.82, 2.24) is 15.0 Å². The molecular weight excluding hydrogens is 426 g/mol. The number of nitrogens with zero attached hydrogens (tertiary/aromatic N) is 3. The Morgan fingerprint density at radius 2 is 1.38 bits per heavy atom. The predicted molar refractivity (Wildman–Crippen MR) is 133 cm³/mol. The zero-order valence-corrected chi connectivity index (χ0v) is 19.2. The predicted octanol–water partition coefficient (Wildman–Crippen LogP) is 5.72. The summed E-state index contributed by atoms with van der Waals surface area (Å²) < 4.78 is 5.58. The third kappa shape index (κ3) is 5.35. The molecule has 0 aliphatic carbocycles. The maximum atomic E-state index is 11.4. The molecule has 0 fully saturated rings. The summed E-state index contributed by atoms with van der Waals surface area (Å²) in [7, 11) is 0. The molecule has 3 aromatic carbocycles. The summed E-state index contributed by atoms with van der Waals surface area (Å²) >= 11 is 0. The lowest BCUT2D eigenvalue weighted by atomic mass is 10.1. The van der Waals surface area contributed by atoms with E-state index in [1.165, 1.54) is 12.1 Å². The molecule has 1 heterocycles. The van der Waals surface area contributed by atoms with Gasteiger partial charge in [-0.15, -0.1) is 0 Å². The van der Waals surface area contributed by atoms with Crippen LogP contribution in [0, 0.1) is 13.8 Å². The molecule has 1 aromatic heterocycles. The molecule has 0 aliphatic rings. The molecule has 1 N–H and O–H groups in total. The van der Waals surface area contributed by atoms with Gasteiger partial charge in [0.15, 0.2) is 23.3 Å². The summed E-state index contributed by atoms with van der Waals surface area (Å²) in [5.41, 5.74) is 4.45. The number of ketones is 1. The molecule has 170 valence electrons.